The van der Waals surface area contributed by atoms with Gasteiger partial charge < -0.3 is 10.1 Å². The summed E-state index contributed by atoms with van der Waals surface area (Å²) in [6.07, 6.45) is 3.62. The Morgan fingerprint density at radius 3 is 2.52 bits per heavy atom. The number of nitrogens with one attached hydrogen (secondary N) is 1. The number of hydrogen-bond acceptors (Lipinski definition) is 4. The van der Waals surface area contributed by atoms with Gasteiger partial charge in [-0.2, -0.15) is 0 Å². The van der Waals surface area contributed by atoms with Crippen LogP contribution in [0.1, 0.15) is 32.5 Å². The minimum Gasteiger partial charge on any atom is -0.490 e. The molecule has 0 aliphatic heterocycles. The van der Waals surface area contributed by atoms with Crippen molar-refractivity contribution >= 4 is 5.82 Å². The molecule has 110 valence electrons. The number of ether oxygens (including phenoxy) is 1. The number of aryl methyl sites for hydroxylation is 1. The van der Waals surface area contributed by atoms with E-state index >= 15 is 0 Å². The van der Waals surface area contributed by atoms with E-state index in [4.69, 9.17) is 4.74 Å². The van der Waals surface area contributed by atoms with Crippen molar-refractivity contribution in [1.29, 1.82) is 0 Å². The lowest BCUT2D eigenvalue weighted by atomic mass is 10.1. The smallest absolute Gasteiger partial charge is 0.131 e. The van der Waals surface area contributed by atoms with Crippen LogP contribution < -0.4 is 10.1 Å². The second kappa shape index (κ2) is 6.12. The van der Waals surface area contributed by atoms with Gasteiger partial charge in [-0.3, -0.25) is 0 Å². The summed E-state index contributed by atoms with van der Waals surface area (Å²) in [4.78, 5) is 9.10. The molecule has 4 nitrogen and oxygen atoms in total. The van der Waals surface area contributed by atoms with Gasteiger partial charge in [0.15, 0.2) is 0 Å². The molecule has 1 heterocycles. The second-order valence-corrected chi connectivity index (χ2v) is 5.28. The van der Waals surface area contributed by atoms with Gasteiger partial charge in [0, 0.05) is 24.6 Å². The van der Waals surface area contributed by atoms with Gasteiger partial charge in [0.1, 0.15) is 17.4 Å². The van der Waals surface area contributed by atoms with Gasteiger partial charge in [-0.25, -0.2) is 9.97 Å². The fourth-order valence-corrected chi connectivity index (χ4v) is 2.16. The van der Waals surface area contributed by atoms with E-state index in [1.54, 1.807) is 0 Å². The maximum atomic E-state index is 5.78. The van der Waals surface area contributed by atoms with Gasteiger partial charge in [-0.15, -0.1) is 0 Å². The van der Waals surface area contributed by atoms with Crippen LogP contribution >= 0.6 is 0 Å². The molecule has 1 aromatic carbocycles. The van der Waals surface area contributed by atoms with Gasteiger partial charge in [0.2, 0.25) is 0 Å². The molecular formula is C17H21N3O. The lowest BCUT2D eigenvalue weighted by Gasteiger charge is -2.09. The first kappa shape index (κ1) is 13.9. The maximum Gasteiger partial charge on any atom is 0.131 e. The molecule has 21 heavy (non-hydrogen) atoms. The molecule has 0 amide bonds. The molecule has 0 unspecified atom stereocenters. The predicted molar refractivity (Wildman–Crippen MR) is 84.7 cm³/mol. The summed E-state index contributed by atoms with van der Waals surface area (Å²) in [6.45, 7) is 4.99. The first-order valence-electron chi connectivity index (χ1n) is 7.67. The van der Waals surface area contributed by atoms with E-state index in [1.165, 1.54) is 12.8 Å². The highest BCUT2D eigenvalue weighted by atomic mass is 16.5. The SMILES string of the molecule is CCNc1cc(-c2ccc(OC3CC3)cc2)nc(CC)n1. The van der Waals surface area contributed by atoms with Crippen molar-refractivity contribution < 1.29 is 4.74 Å². The number of nitrogens with zero attached hydrogens (tertiary/aromatic N) is 2. The summed E-state index contributed by atoms with van der Waals surface area (Å²) in [5.74, 6) is 2.69. The molecule has 4 heteroatoms. The van der Waals surface area contributed by atoms with Crippen LogP contribution in [-0.4, -0.2) is 22.6 Å². The van der Waals surface area contributed by atoms with Crippen molar-refractivity contribution in [2.75, 3.05) is 11.9 Å². The number of benzene rings is 1. The number of anilines is 1. The Labute approximate surface area is 125 Å². The molecule has 0 radical (unpaired) electrons. The molecule has 1 saturated carbocycles. The second-order valence-electron chi connectivity index (χ2n) is 5.28. The van der Waals surface area contributed by atoms with Crippen molar-refractivity contribution in [3.05, 3.63) is 36.2 Å². The van der Waals surface area contributed by atoms with Crippen molar-refractivity contribution in [1.82, 2.24) is 9.97 Å². The van der Waals surface area contributed by atoms with Crippen LogP contribution in [0.25, 0.3) is 11.3 Å². The van der Waals surface area contributed by atoms with Crippen molar-refractivity contribution in [2.24, 2.45) is 0 Å². The monoisotopic (exact) mass is 283 g/mol. The van der Waals surface area contributed by atoms with Gasteiger partial charge in [-0.05, 0) is 44.0 Å². The van der Waals surface area contributed by atoms with Gasteiger partial charge in [-0.1, -0.05) is 6.92 Å². The molecular weight excluding hydrogens is 262 g/mol. The maximum absolute atomic E-state index is 5.78. The molecule has 1 aromatic heterocycles. The van der Waals surface area contributed by atoms with E-state index in [1.807, 2.05) is 18.2 Å². The lowest BCUT2D eigenvalue weighted by Crippen LogP contribution is -2.04. The van der Waals surface area contributed by atoms with E-state index < -0.39 is 0 Å². The van der Waals surface area contributed by atoms with Crippen LogP contribution in [0, 0.1) is 0 Å². The van der Waals surface area contributed by atoms with Crippen molar-refractivity contribution in [2.45, 2.75) is 39.2 Å². The zero-order chi connectivity index (χ0) is 14.7. The molecule has 0 atom stereocenters. The summed E-state index contributed by atoms with van der Waals surface area (Å²) in [5.41, 5.74) is 2.05. The molecule has 1 aliphatic carbocycles. The Bertz CT molecular complexity index is 606. The van der Waals surface area contributed by atoms with E-state index in [2.05, 4.69) is 41.3 Å². The van der Waals surface area contributed by atoms with E-state index in [0.717, 1.165) is 41.6 Å². The summed E-state index contributed by atoms with van der Waals surface area (Å²) >= 11 is 0. The summed E-state index contributed by atoms with van der Waals surface area (Å²) in [7, 11) is 0. The highest BCUT2D eigenvalue weighted by molar-refractivity contribution is 5.63. The third-order valence-electron chi connectivity index (χ3n) is 3.42. The van der Waals surface area contributed by atoms with Gasteiger partial charge in [0.25, 0.3) is 0 Å². The molecule has 1 N–H and O–H groups in total. The number of aromatic nitrogens is 2. The van der Waals surface area contributed by atoms with Crippen LogP contribution in [0.5, 0.6) is 5.75 Å². The predicted octanol–water partition coefficient (Wildman–Crippen LogP) is 3.68. The normalized spacial score (nSPS) is 14.0. The zero-order valence-corrected chi connectivity index (χ0v) is 12.6. The Kier molecular flexibility index (Phi) is 4.04. The Morgan fingerprint density at radius 1 is 1.14 bits per heavy atom. The van der Waals surface area contributed by atoms with Crippen LogP contribution in [0.3, 0.4) is 0 Å². The van der Waals surface area contributed by atoms with E-state index in [9.17, 15) is 0 Å². The number of hydrogen-bond donors (Lipinski definition) is 1. The minimum absolute atomic E-state index is 0.432. The average molecular weight is 283 g/mol. The summed E-state index contributed by atoms with van der Waals surface area (Å²) in [5, 5.41) is 3.26. The molecule has 0 bridgehead atoms. The fourth-order valence-electron chi connectivity index (χ4n) is 2.16. The minimum atomic E-state index is 0.432. The Morgan fingerprint density at radius 2 is 1.90 bits per heavy atom. The fraction of sp³-hybridized carbons (Fsp3) is 0.412. The van der Waals surface area contributed by atoms with Crippen LogP contribution in [0.15, 0.2) is 30.3 Å². The third-order valence-corrected chi connectivity index (χ3v) is 3.42. The highest BCUT2D eigenvalue weighted by Crippen LogP contribution is 2.28. The van der Waals surface area contributed by atoms with Gasteiger partial charge in [0.05, 0.1) is 11.8 Å². The first-order valence-corrected chi connectivity index (χ1v) is 7.67. The Hall–Kier alpha value is -2.10. The molecule has 0 saturated heterocycles. The lowest BCUT2D eigenvalue weighted by molar-refractivity contribution is 0.303. The van der Waals surface area contributed by atoms with E-state index in [0.29, 0.717) is 6.10 Å². The van der Waals surface area contributed by atoms with Gasteiger partial charge >= 0.3 is 0 Å². The summed E-state index contributed by atoms with van der Waals surface area (Å²) in [6, 6.07) is 10.2. The average Bonchev–Trinajstić information content (AvgIpc) is 3.32. The zero-order valence-electron chi connectivity index (χ0n) is 12.6. The van der Waals surface area contributed by atoms with Crippen LogP contribution in [-0.2, 0) is 6.42 Å². The van der Waals surface area contributed by atoms with Crippen molar-refractivity contribution in [3.63, 3.8) is 0 Å². The van der Waals surface area contributed by atoms with Crippen LogP contribution in [0.4, 0.5) is 5.82 Å². The molecule has 2 aromatic rings. The molecule has 0 spiro atoms. The third kappa shape index (κ3) is 3.51. The molecule has 3 rings (SSSR count). The van der Waals surface area contributed by atoms with Crippen molar-refractivity contribution in [3.8, 4) is 17.0 Å². The summed E-state index contributed by atoms with van der Waals surface area (Å²) < 4.78 is 5.78. The first-order chi connectivity index (χ1) is 10.3. The topological polar surface area (TPSA) is 47.0 Å². The highest BCUT2D eigenvalue weighted by Gasteiger charge is 2.23. The molecule has 1 aliphatic rings. The standard InChI is InChI=1S/C17H21N3O/c1-3-16-19-15(11-17(20-16)18-4-2)12-5-7-13(8-6-12)21-14-9-10-14/h5-8,11,14H,3-4,9-10H2,1-2H3,(H,18,19,20). The Balaban J connectivity index is 1.85. The largest absolute Gasteiger partial charge is 0.490 e. The molecule has 1 fully saturated rings. The quantitative estimate of drug-likeness (QED) is 0.878. The van der Waals surface area contributed by atoms with Crippen LogP contribution in [0.2, 0.25) is 0 Å². The number of rotatable bonds is 6. The van der Waals surface area contributed by atoms with E-state index in [-0.39, 0.29) is 0 Å².